The van der Waals surface area contributed by atoms with Gasteiger partial charge in [0.15, 0.2) is 0 Å². The molecule has 0 unspecified atom stereocenters. The zero-order valence-corrected chi connectivity index (χ0v) is 43.2. The highest BCUT2D eigenvalue weighted by molar-refractivity contribution is 6.09. The van der Waals surface area contributed by atoms with E-state index in [0.717, 1.165) is 80.2 Å². The molecule has 3 heterocycles. The zero-order valence-electron chi connectivity index (χ0n) is 43.2. The first-order valence-electron chi connectivity index (χ1n) is 25.5. The van der Waals surface area contributed by atoms with Crippen molar-refractivity contribution in [2.24, 2.45) is 0 Å². The number of ether oxygens (including phenoxy) is 1. The summed E-state index contributed by atoms with van der Waals surface area (Å²) in [6.45, 7) is 25.9. The van der Waals surface area contributed by atoms with Gasteiger partial charge in [-0.25, -0.2) is 4.98 Å². The van der Waals surface area contributed by atoms with Gasteiger partial charge in [-0.3, -0.25) is 13.7 Å². The van der Waals surface area contributed by atoms with E-state index in [1.807, 2.05) is 6.07 Å². The van der Waals surface area contributed by atoms with Crippen molar-refractivity contribution in [2.45, 2.75) is 116 Å². The van der Waals surface area contributed by atoms with E-state index >= 15 is 0 Å². The van der Waals surface area contributed by atoms with E-state index in [9.17, 15) is 0 Å². The van der Waals surface area contributed by atoms with E-state index in [1.165, 1.54) is 44.3 Å². The van der Waals surface area contributed by atoms with Crippen molar-refractivity contribution in [3.63, 3.8) is 0 Å². The molecular weight excluding hydrogens is 865 g/mol. The third-order valence-corrected chi connectivity index (χ3v) is 15.9. The largest absolute Gasteiger partial charge is 0.458 e. The first-order chi connectivity index (χ1) is 33.8. The average molecular weight is 929 g/mol. The lowest BCUT2D eigenvalue weighted by molar-refractivity contribution is -0.572. The molecule has 0 amide bonds. The van der Waals surface area contributed by atoms with Gasteiger partial charge in [0.2, 0.25) is 0 Å². The first kappa shape index (κ1) is 44.9. The van der Waals surface area contributed by atoms with Crippen LogP contribution in [-0.2, 0) is 27.1 Å². The molecule has 0 radical (unpaired) electrons. The topological polar surface area (TPSA) is 35.9 Å². The fourth-order valence-electron chi connectivity index (χ4n) is 12.9. The second-order valence-corrected chi connectivity index (χ2v) is 24.2. The number of para-hydroxylation sites is 4. The van der Waals surface area contributed by atoms with Crippen LogP contribution in [0.15, 0.2) is 164 Å². The van der Waals surface area contributed by atoms with E-state index < -0.39 is 0 Å². The minimum Gasteiger partial charge on any atom is -0.458 e. The zero-order chi connectivity index (χ0) is 49.4. The number of benzene rings is 7. The highest BCUT2D eigenvalue weighted by Gasteiger charge is 2.43. The lowest BCUT2D eigenvalue weighted by Crippen LogP contribution is -2.29. The van der Waals surface area contributed by atoms with Crippen LogP contribution in [0.1, 0.15) is 117 Å². The summed E-state index contributed by atoms with van der Waals surface area (Å²) >= 11 is 0. The maximum Gasteiger partial charge on any atom is 0.269 e. The Bertz CT molecular complexity index is 3790. The van der Waals surface area contributed by atoms with Crippen LogP contribution in [0.4, 0.5) is 0 Å². The highest BCUT2D eigenvalue weighted by atomic mass is 16.5. The van der Waals surface area contributed by atoms with Gasteiger partial charge >= 0.3 is 0 Å². The van der Waals surface area contributed by atoms with Crippen LogP contribution in [0.5, 0.6) is 11.5 Å². The van der Waals surface area contributed by atoms with Crippen molar-refractivity contribution >= 4 is 32.8 Å². The third kappa shape index (κ3) is 7.42. The maximum absolute atomic E-state index is 6.87. The molecule has 3 aromatic heterocycles. The fourth-order valence-corrected chi connectivity index (χ4v) is 12.9. The summed E-state index contributed by atoms with van der Waals surface area (Å²) in [6, 6.07) is 59.5. The second-order valence-electron chi connectivity index (χ2n) is 24.2. The lowest BCUT2D eigenvalue weighted by Gasteiger charge is -2.23. The molecular formula is C66H64N4O. The third-order valence-electron chi connectivity index (χ3n) is 15.9. The van der Waals surface area contributed by atoms with Crippen molar-refractivity contribution in [2.75, 3.05) is 0 Å². The monoisotopic (exact) mass is 929 g/mol. The minimum atomic E-state index is -0.107. The second kappa shape index (κ2) is 15.6. The number of hydrogen-bond acceptors (Lipinski definition) is 2. The average Bonchev–Trinajstić information content (AvgIpc) is 3.99. The number of hydrogen-bond donors (Lipinski definition) is 0. The summed E-state index contributed by atoms with van der Waals surface area (Å²) in [4.78, 5) is 5.54. The molecule has 2 aliphatic rings. The normalized spacial score (nSPS) is 16.4. The van der Waals surface area contributed by atoms with Gasteiger partial charge in [0.1, 0.15) is 17.3 Å². The van der Waals surface area contributed by atoms with E-state index in [0.29, 0.717) is 0 Å². The molecule has 0 bridgehead atoms. The van der Waals surface area contributed by atoms with Crippen LogP contribution >= 0.6 is 0 Å². The number of aromatic nitrogens is 4. The number of pyridine rings is 1. The van der Waals surface area contributed by atoms with E-state index in [-0.39, 0.29) is 27.1 Å². The number of rotatable bonds is 7. The Morgan fingerprint density at radius 2 is 1.13 bits per heavy atom. The van der Waals surface area contributed by atoms with Crippen LogP contribution < -0.4 is 9.30 Å². The Kier molecular flexibility index (Phi) is 9.89. The number of imidazole rings is 1. The Labute approximate surface area is 419 Å². The number of fused-ring (bicyclic) bond motifs is 6. The van der Waals surface area contributed by atoms with Gasteiger partial charge in [0.25, 0.3) is 6.33 Å². The lowest BCUT2D eigenvalue weighted by atomic mass is 9.82. The van der Waals surface area contributed by atoms with Gasteiger partial charge in [0.05, 0.1) is 39.1 Å². The standard InChI is InChI=1S/C66H64N4O/c1-62(2,3)44-35-55(43-28-32-52-54(34-43)66(10,11)40-64(52,6)7)67-61(36-44)70-57-24-15-13-22-49(57)50-30-29-47(38-60(50)70)71-46-20-18-19-45(37-46)68-41-69(59-26-17-16-25-58(59)68)56-23-14-12-21-48(56)42-27-31-51-53(33-42)65(8,9)39-63(51,4)5/h12-38H,39-40H2,1-11H3. The molecule has 354 valence electrons. The van der Waals surface area contributed by atoms with E-state index in [2.05, 4.69) is 254 Å². The van der Waals surface area contributed by atoms with Crippen LogP contribution in [-0.4, -0.2) is 14.1 Å². The van der Waals surface area contributed by atoms with E-state index in [4.69, 9.17) is 9.72 Å². The van der Waals surface area contributed by atoms with Crippen molar-refractivity contribution in [1.82, 2.24) is 14.1 Å². The van der Waals surface area contributed by atoms with Gasteiger partial charge in [-0.1, -0.05) is 173 Å². The van der Waals surface area contributed by atoms with Gasteiger partial charge in [-0.2, -0.15) is 0 Å². The predicted molar refractivity (Wildman–Crippen MR) is 293 cm³/mol. The van der Waals surface area contributed by atoms with Crippen molar-refractivity contribution in [3.05, 3.63) is 198 Å². The van der Waals surface area contributed by atoms with Crippen LogP contribution in [0.25, 0.3) is 72.4 Å². The quantitative estimate of drug-likeness (QED) is 0.118. The van der Waals surface area contributed by atoms with Crippen LogP contribution in [0, 0.1) is 6.33 Å². The molecule has 0 spiro atoms. The smallest absolute Gasteiger partial charge is 0.269 e. The molecule has 0 saturated carbocycles. The fraction of sp³-hybridized carbons (Fsp3) is 0.273. The molecule has 12 rings (SSSR count). The van der Waals surface area contributed by atoms with Crippen molar-refractivity contribution in [1.29, 1.82) is 0 Å². The summed E-state index contributed by atoms with van der Waals surface area (Å²) in [5.41, 5.74) is 18.3. The Morgan fingerprint density at radius 1 is 0.521 bits per heavy atom. The SMILES string of the molecule is CC(C)(C)c1cc(-c2ccc3c(c2)C(C)(C)CC3(C)C)nc(-n2c3ccccc3c3ccc(Oc4cccc(-[n+]5[c-]n(-c6ccccc6-c6ccc7c(c6)C(C)(C)CC7(C)C)c6ccccc65)c4)cc32)c1. The summed E-state index contributed by atoms with van der Waals surface area (Å²) in [5, 5.41) is 2.33. The molecule has 0 aliphatic heterocycles. The summed E-state index contributed by atoms with van der Waals surface area (Å²) in [7, 11) is 0. The molecule has 0 atom stereocenters. The van der Waals surface area contributed by atoms with Crippen molar-refractivity contribution in [3.8, 4) is 51.1 Å². The van der Waals surface area contributed by atoms with Gasteiger partial charge in [-0.15, -0.1) is 0 Å². The number of nitrogens with zero attached hydrogens (tertiary/aromatic N) is 4. The highest BCUT2D eigenvalue weighted by Crippen LogP contribution is 2.52. The van der Waals surface area contributed by atoms with Crippen LogP contribution in [0.3, 0.4) is 0 Å². The van der Waals surface area contributed by atoms with E-state index in [1.54, 1.807) is 0 Å². The van der Waals surface area contributed by atoms with Crippen LogP contribution in [0.2, 0.25) is 0 Å². The maximum atomic E-state index is 6.87. The minimum absolute atomic E-state index is 0.0861. The van der Waals surface area contributed by atoms with Crippen molar-refractivity contribution < 1.29 is 9.30 Å². The molecule has 2 aliphatic carbocycles. The summed E-state index contributed by atoms with van der Waals surface area (Å²) < 4.78 is 13.6. The summed E-state index contributed by atoms with van der Waals surface area (Å²) in [6.07, 6.45) is 6.05. The van der Waals surface area contributed by atoms with Gasteiger partial charge < -0.3 is 4.74 Å². The molecule has 71 heavy (non-hydrogen) atoms. The predicted octanol–water partition coefficient (Wildman–Crippen LogP) is 16.5. The molecule has 0 saturated heterocycles. The first-order valence-corrected chi connectivity index (χ1v) is 25.5. The Morgan fingerprint density at radius 3 is 1.86 bits per heavy atom. The molecule has 10 aromatic rings. The molecule has 0 N–H and O–H groups in total. The van der Waals surface area contributed by atoms with Gasteiger partial charge in [0, 0.05) is 22.4 Å². The molecule has 5 heteroatoms. The molecule has 5 nitrogen and oxygen atoms in total. The Balaban J connectivity index is 0.932. The molecule has 7 aromatic carbocycles. The van der Waals surface area contributed by atoms with Gasteiger partial charge in [-0.05, 0) is 140 Å². The Hall–Kier alpha value is -7.24. The summed E-state index contributed by atoms with van der Waals surface area (Å²) in [5.74, 6) is 2.39. The molecule has 0 fully saturated rings.